The Bertz CT molecular complexity index is 512. The van der Waals surface area contributed by atoms with Gasteiger partial charge in [-0.1, -0.05) is 6.07 Å². The van der Waals surface area contributed by atoms with Gasteiger partial charge in [0.1, 0.15) is 11.5 Å². The van der Waals surface area contributed by atoms with Crippen LogP contribution in [-0.2, 0) is 6.42 Å². The third-order valence-electron chi connectivity index (χ3n) is 2.33. The molecule has 0 atom stereocenters. The number of amides is 1. The minimum atomic E-state index is -0.258. The maximum Gasteiger partial charge on any atom is 0.271 e. The quantitative estimate of drug-likeness (QED) is 0.812. The molecule has 18 heavy (non-hydrogen) atoms. The molecule has 0 saturated carbocycles. The predicted octanol–water partition coefficient (Wildman–Crippen LogP) is 0.426. The summed E-state index contributed by atoms with van der Waals surface area (Å²) >= 11 is 0. The van der Waals surface area contributed by atoms with Crippen molar-refractivity contribution in [2.75, 3.05) is 12.3 Å². The molecule has 92 valence electrons. The predicted molar refractivity (Wildman–Crippen MR) is 66.7 cm³/mol. The van der Waals surface area contributed by atoms with Crippen LogP contribution in [0.5, 0.6) is 0 Å². The number of nitrogen functional groups attached to an aromatic ring is 1. The van der Waals surface area contributed by atoms with E-state index < -0.39 is 0 Å². The second-order valence-corrected chi connectivity index (χ2v) is 3.69. The Hall–Kier alpha value is -2.50. The van der Waals surface area contributed by atoms with Crippen LogP contribution in [0.1, 0.15) is 16.1 Å². The Morgan fingerprint density at radius 2 is 2.17 bits per heavy atom. The van der Waals surface area contributed by atoms with E-state index in [1.54, 1.807) is 12.4 Å². The lowest BCUT2D eigenvalue weighted by Gasteiger charge is -2.04. The lowest BCUT2D eigenvalue weighted by Crippen LogP contribution is -2.26. The van der Waals surface area contributed by atoms with Crippen LogP contribution >= 0.6 is 0 Å². The summed E-state index contributed by atoms with van der Waals surface area (Å²) in [6.45, 7) is 0.524. The monoisotopic (exact) mass is 243 g/mol. The third kappa shape index (κ3) is 3.24. The van der Waals surface area contributed by atoms with E-state index in [1.807, 2.05) is 12.1 Å². The van der Waals surface area contributed by atoms with Crippen LogP contribution in [0.15, 0.2) is 36.9 Å². The van der Waals surface area contributed by atoms with Crippen molar-refractivity contribution < 1.29 is 4.79 Å². The van der Waals surface area contributed by atoms with Gasteiger partial charge in [-0.05, 0) is 18.1 Å². The first kappa shape index (κ1) is 12.0. The van der Waals surface area contributed by atoms with Gasteiger partial charge in [0.25, 0.3) is 5.91 Å². The number of hydrogen-bond acceptors (Lipinski definition) is 5. The molecule has 6 nitrogen and oxygen atoms in total. The summed E-state index contributed by atoms with van der Waals surface area (Å²) in [6, 6.07) is 3.82. The van der Waals surface area contributed by atoms with Gasteiger partial charge < -0.3 is 11.1 Å². The molecule has 2 rings (SSSR count). The van der Waals surface area contributed by atoms with Crippen molar-refractivity contribution in [3.63, 3.8) is 0 Å². The fourth-order valence-electron chi connectivity index (χ4n) is 1.41. The van der Waals surface area contributed by atoms with Crippen molar-refractivity contribution >= 4 is 11.7 Å². The van der Waals surface area contributed by atoms with Gasteiger partial charge in [-0.2, -0.15) is 0 Å². The molecular weight excluding hydrogens is 230 g/mol. The van der Waals surface area contributed by atoms with E-state index in [2.05, 4.69) is 20.3 Å². The van der Waals surface area contributed by atoms with E-state index in [-0.39, 0.29) is 11.6 Å². The number of carbonyl (C=O) groups is 1. The highest BCUT2D eigenvalue weighted by atomic mass is 16.1. The molecule has 0 spiro atoms. The van der Waals surface area contributed by atoms with Gasteiger partial charge in [0, 0.05) is 18.9 Å². The van der Waals surface area contributed by atoms with Crippen LogP contribution in [0.4, 0.5) is 5.82 Å². The van der Waals surface area contributed by atoms with E-state index in [4.69, 9.17) is 5.73 Å². The molecule has 0 unspecified atom stereocenters. The Morgan fingerprint density at radius 1 is 1.28 bits per heavy atom. The fraction of sp³-hybridized carbons (Fsp3) is 0.167. The Kier molecular flexibility index (Phi) is 3.80. The normalized spacial score (nSPS) is 10.0. The molecule has 0 saturated heterocycles. The number of rotatable bonds is 4. The highest BCUT2D eigenvalue weighted by Crippen LogP contribution is 1.98. The average molecular weight is 243 g/mol. The molecule has 6 heteroatoms. The number of nitrogens with two attached hydrogens (primary N) is 1. The van der Waals surface area contributed by atoms with Crippen molar-refractivity contribution in [3.8, 4) is 0 Å². The average Bonchev–Trinajstić information content (AvgIpc) is 2.40. The van der Waals surface area contributed by atoms with E-state index in [1.165, 1.54) is 12.4 Å². The summed E-state index contributed by atoms with van der Waals surface area (Å²) in [6.07, 6.45) is 6.92. The number of carbonyl (C=O) groups excluding carboxylic acids is 1. The smallest absolute Gasteiger partial charge is 0.271 e. The minimum Gasteiger partial charge on any atom is -0.382 e. The van der Waals surface area contributed by atoms with Gasteiger partial charge in [-0.3, -0.25) is 9.78 Å². The zero-order valence-corrected chi connectivity index (χ0v) is 9.71. The first-order valence-corrected chi connectivity index (χ1v) is 5.50. The summed E-state index contributed by atoms with van der Waals surface area (Å²) in [5, 5.41) is 2.76. The Morgan fingerprint density at radius 3 is 2.83 bits per heavy atom. The number of pyridine rings is 1. The van der Waals surface area contributed by atoms with Crippen molar-refractivity contribution in [3.05, 3.63) is 48.2 Å². The fourth-order valence-corrected chi connectivity index (χ4v) is 1.41. The van der Waals surface area contributed by atoms with Crippen molar-refractivity contribution in [2.45, 2.75) is 6.42 Å². The highest BCUT2D eigenvalue weighted by molar-refractivity contribution is 5.91. The number of aromatic nitrogens is 3. The van der Waals surface area contributed by atoms with Gasteiger partial charge in [-0.25, -0.2) is 9.97 Å². The Balaban J connectivity index is 1.84. The summed E-state index contributed by atoms with van der Waals surface area (Å²) in [7, 11) is 0. The van der Waals surface area contributed by atoms with Crippen LogP contribution in [-0.4, -0.2) is 27.4 Å². The van der Waals surface area contributed by atoms with Gasteiger partial charge >= 0.3 is 0 Å². The molecule has 0 fully saturated rings. The zero-order valence-electron chi connectivity index (χ0n) is 9.71. The standard InChI is InChI=1S/C12H13N5O/c13-11-8-16-10(7-17-11)12(18)15-5-3-9-2-1-4-14-6-9/h1-2,4,6-8H,3,5H2,(H2,13,17)(H,15,18). The second-order valence-electron chi connectivity index (χ2n) is 3.69. The van der Waals surface area contributed by atoms with Gasteiger partial charge in [0.15, 0.2) is 0 Å². The summed E-state index contributed by atoms with van der Waals surface area (Å²) in [5.41, 5.74) is 6.72. The van der Waals surface area contributed by atoms with Crippen molar-refractivity contribution in [1.29, 1.82) is 0 Å². The third-order valence-corrected chi connectivity index (χ3v) is 2.33. The van der Waals surface area contributed by atoms with Crippen LogP contribution in [0.3, 0.4) is 0 Å². The van der Waals surface area contributed by atoms with Crippen LogP contribution < -0.4 is 11.1 Å². The molecule has 1 amide bonds. The van der Waals surface area contributed by atoms with Crippen molar-refractivity contribution in [2.24, 2.45) is 0 Å². The first-order valence-electron chi connectivity index (χ1n) is 5.50. The molecule has 3 N–H and O–H groups in total. The molecule has 0 bridgehead atoms. The van der Waals surface area contributed by atoms with Crippen LogP contribution in [0, 0.1) is 0 Å². The number of nitrogens with zero attached hydrogens (tertiary/aromatic N) is 3. The summed E-state index contributed by atoms with van der Waals surface area (Å²) in [5.74, 6) is 0.0355. The number of hydrogen-bond donors (Lipinski definition) is 2. The molecule has 0 aliphatic carbocycles. The molecule has 2 aromatic heterocycles. The highest BCUT2D eigenvalue weighted by Gasteiger charge is 2.06. The molecule has 0 aliphatic heterocycles. The molecule has 0 aliphatic rings. The SMILES string of the molecule is Nc1cnc(C(=O)NCCc2cccnc2)cn1. The molecular formula is C12H13N5O. The zero-order chi connectivity index (χ0) is 12.8. The maximum atomic E-state index is 11.7. The molecule has 2 aromatic rings. The molecule has 0 aromatic carbocycles. The Labute approximate surface area is 104 Å². The summed E-state index contributed by atoms with van der Waals surface area (Å²) < 4.78 is 0. The van der Waals surface area contributed by atoms with E-state index in [0.717, 1.165) is 12.0 Å². The van der Waals surface area contributed by atoms with E-state index in [9.17, 15) is 4.79 Å². The van der Waals surface area contributed by atoms with E-state index in [0.29, 0.717) is 12.4 Å². The van der Waals surface area contributed by atoms with E-state index >= 15 is 0 Å². The first-order chi connectivity index (χ1) is 8.75. The van der Waals surface area contributed by atoms with Gasteiger partial charge in [0.2, 0.25) is 0 Å². The molecule has 0 radical (unpaired) electrons. The summed E-state index contributed by atoms with van der Waals surface area (Å²) in [4.78, 5) is 23.4. The van der Waals surface area contributed by atoms with Gasteiger partial charge in [0.05, 0.1) is 12.4 Å². The molecule has 2 heterocycles. The second kappa shape index (κ2) is 5.72. The van der Waals surface area contributed by atoms with Crippen molar-refractivity contribution in [1.82, 2.24) is 20.3 Å². The number of anilines is 1. The topological polar surface area (TPSA) is 93.8 Å². The maximum absolute atomic E-state index is 11.7. The lowest BCUT2D eigenvalue weighted by molar-refractivity contribution is 0.0949. The van der Waals surface area contributed by atoms with Gasteiger partial charge in [-0.15, -0.1) is 0 Å². The van der Waals surface area contributed by atoms with Crippen LogP contribution in [0.2, 0.25) is 0 Å². The largest absolute Gasteiger partial charge is 0.382 e. The minimum absolute atomic E-state index is 0.258. The number of nitrogens with one attached hydrogen (secondary N) is 1. The van der Waals surface area contributed by atoms with Crippen LogP contribution in [0.25, 0.3) is 0 Å². The lowest BCUT2D eigenvalue weighted by atomic mass is 10.2.